The van der Waals surface area contributed by atoms with Crippen molar-refractivity contribution in [1.82, 2.24) is 5.32 Å². The zero-order valence-electron chi connectivity index (χ0n) is 10.8. The second kappa shape index (κ2) is 6.03. The summed E-state index contributed by atoms with van der Waals surface area (Å²) in [6.07, 6.45) is 0. The Morgan fingerprint density at radius 2 is 1.89 bits per heavy atom. The van der Waals surface area contributed by atoms with E-state index in [4.69, 9.17) is 11.6 Å². The van der Waals surface area contributed by atoms with Crippen molar-refractivity contribution in [3.05, 3.63) is 70.2 Å². The Morgan fingerprint density at radius 1 is 1.11 bits per heavy atom. The third-order valence-corrected chi connectivity index (χ3v) is 3.39. The quantitative estimate of drug-likeness (QED) is 0.853. The maximum absolute atomic E-state index is 5.97. The van der Waals surface area contributed by atoms with Gasteiger partial charge in [0, 0.05) is 17.6 Å². The Morgan fingerprint density at radius 3 is 2.61 bits per heavy atom. The first-order valence-electron chi connectivity index (χ1n) is 6.20. The molecular formula is C16H18ClN. The number of halogens is 1. The fourth-order valence-electron chi connectivity index (χ4n) is 2.10. The first-order valence-corrected chi connectivity index (χ1v) is 6.58. The highest BCUT2D eigenvalue weighted by Gasteiger charge is 2.06. The van der Waals surface area contributed by atoms with E-state index in [-0.39, 0.29) is 0 Å². The number of rotatable bonds is 4. The Bertz CT molecular complexity index is 522. The third-order valence-electron chi connectivity index (χ3n) is 3.16. The summed E-state index contributed by atoms with van der Waals surface area (Å²) < 4.78 is 0. The molecule has 2 aromatic rings. The van der Waals surface area contributed by atoms with Crippen LogP contribution in [0.1, 0.15) is 29.7 Å². The number of aryl methyl sites for hydroxylation is 1. The summed E-state index contributed by atoms with van der Waals surface area (Å²) in [4.78, 5) is 0. The molecule has 0 unspecified atom stereocenters. The van der Waals surface area contributed by atoms with Gasteiger partial charge in [-0.2, -0.15) is 0 Å². The van der Waals surface area contributed by atoms with Crippen LogP contribution in [0.25, 0.3) is 0 Å². The molecule has 0 aliphatic carbocycles. The van der Waals surface area contributed by atoms with E-state index in [0.29, 0.717) is 6.04 Å². The van der Waals surface area contributed by atoms with Crippen molar-refractivity contribution >= 4 is 11.6 Å². The van der Waals surface area contributed by atoms with E-state index >= 15 is 0 Å². The van der Waals surface area contributed by atoms with Crippen LogP contribution in [0.2, 0.25) is 5.02 Å². The highest BCUT2D eigenvalue weighted by Crippen LogP contribution is 2.18. The second-order valence-corrected chi connectivity index (χ2v) is 5.03. The molecule has 0 spiro atoms. The number of benzene rings is 2. The SMILES string of the molecule is Cc1ccccc1[C@@H](C)NCc1cccc(Cl)c1. The molecule has 1 N–H and O–H groups in total. The molecule has 0 fully saturated rings. The van der Waals surface area contributed by atoms with E-state index in [1.807, 2.05) is 18.2 Å². The minimum Gasteiger partial charge on any atom is -0.306 e. The van der Waals surface area contributed by atoms with E-state index in [2.05, 4.69) is 49.5 Å². The van der Waals surface area contributed by atoms with E-state index < -0.39 is 0 Å². The second-order valence-electron chi connectivity index (χ2n) is 4.59. The Balaban J connectivity index is 2.00. The lowest BCUT2D eigenvalue weighted by molar-refractivity contribution is 0.572. The van der Waals surface area contributed by atoms with Crippen LogP contribution in [-0.4, -0.2) is 0 Å². The molecule has 0 radical (unpaired) electrons. The molecule has 0 saturated carbocycles. The van der Waals surface area contributed by atoms with E-state index in [1.165, 1.54) is 16.7 Å². The van der Waals surface area contributed by atoms with Gasteiger partial charge in [-0.05, 0) is 42.7 Å². The minimum atomic E-state index is 0.338. The largest absolute Gasteiger partial charge is 0.306 e. The highest BCUT2D eigenvalue weighted by molar-refractivity contribution is 6.30. The van der Waals surface area contributed by atoms with Gasteiger partial charge in [-0.15, -0.1) is 0 Å². The number of hydrogen-bond acceptors (Lipinski definition) is 1. The minimum absolute atomic E-state index is 0.338. The lowest BCUT2D eigenvalue weighted by Crippen LogP contribution is -2.18. The fraction of sp³-hybridized carbons (Fsp3) is 0.250. The number of hydrogen-bond donors (Lipinski definition) is 1. The van der Waals surface area contributed by atoms with Crippen molar-refractivity contribution in [3.8, 4) is 0 Å². The van der Waals surface area contributed by atoms with Gasteiger partial charge >= 0.3 is 0 Å². The standard InChI is InChI=1S/C16H18ClN/c1-12-6-3-4-9-16(12)13(2)18-11-14-7-5-8-15(17)10-14/h3-10,13,18H,11H2,1-2H3/t13-/m1/s1. The first-order chi connectivity index (χ1) is 8.66. The summed E-state index contributed by atoms with van der Waals surface area (Å²) in [6, 6.07) is 16.8. The summed E-state index contributed by atoms with van der Waals surface area (Å²) in [6.45, 7) is 5.16. The van der Waals surface area contributed by atoms with Gasteiger partial charge in [-0.25, -0.2) is 0 Å². The van der Waals surface area contributed by atoms with Crippen molar-refractivity contribution in [2.75, 3.05) is 0 Å². The summed E-state index contributed by atoms with van der Waals surface area (Å²) >= 11 is 5.97. The lowest BCUT2D eigenvalue weighted by Gasteiger charge is -2.16. The van der Waals surface area contributed by atoms with Crippen LogP contribution >= 0.6 is 11.6 Å². The van der Waals surface area contributed by atoms with Crippen LogP contribution in [0.5, 0.6) is 0 Å². The van der Waals surface area contributed by atoms with Crippen molar-refractivity contribution in [2.45, 2.75) is 26.4 Å². The summed E-state index contributed by atoms with van der Waals surface area (Å²) in [7, 11) is 0. The zero-order chi connectivity index (χ0) is 13.0. The van der Waals surface area contributed by atoms with Crippen molar-refractivity contribution < 1.29 is 0 Å². The Kier molecular flexibility index (Phi) is 4.40. The van der Waals surface area contributed by atoms with E-state index in [0.717, 1.165) is 11.6 Å². The van der Waals surface area contributed by atoms with Gasteiger partial charge in [-0.1, -0.05) is 48.0 Å². The van der Waals surface area contributed by atoms with Crippen LogP contribution < -0.4 is 5.32 Å². The molecule has 1 atom stereocenters. The maximum atomic E-state index is 5.97. The fourth-order valence-corrected chi connectivity index (χ4v) is 2.31. The van der Waals surface area contributed by atoms with Gasteiger partial charge in [-0.3, -0.25) is 0 Å². The van der Waals surface area contributed by atoms with Crippen molar-refractivity contribution in [1.29, 1.82) is 0 Å². The summed E-state index contributed by atoms with van der Waals surface area (Å²) in [5.74, 6) is 0. The van der Waals surface area contributed by atoms with Crippen LogP contribution in [0.3, 0.4) is 0 Å². The molecule has 0 heterocycles. The third kappa shape index (κ3) is 3.34. The normalized spacial score (nSPS) is 12.4. The molecule has 0 bridgehead atoms. The number of nitrogens with one attached hydrogen (secondary N) is 1. The molecule has 0 aliphatic heterocycles. The Labute approximate surface area is 114 Å². The molecule has 1 nitrogen and oxygen atoms in total. The zero-order valence-corrected chi connectivity index (χ0v) is 11.5. The topological polar surface area (TPSA) is 12.0 Å². The summed E-state index contributed by atoms with van der Waals surface area (Å²) in [5.41, 5.74) is 3.88. The van der Waals surface area contributed by atoms with Gasteiger partial charge < -0.3 is 5.32 Å². The van der Waals surface area contributed by atoms with Gasteiger partial charge in [0.25, 0.3) is 0 Å². The van der Waals surface area contributed by atoms with Crippen LogP contribution in [-0.2, 0) is 6.54 Å². The van der Waals surface area contributed by atoms with Gasteiger partial charge in [0.2, 0.25) is 0 Å². The molecule has 0 aliphatic rings. The average Bonchev–Trinajstić information content (AvgIpc) is 2.37. The van der Waals surface area contributed by atoms with E-state index in [9.17, 15) is 0 Å². The molecule has 2 aromatic carbocycles. The highest BCUT2D eigenvalue weighted by atomic mass is 35.5. The first kappa shape index (κ1) is 13.1. The van der Waals surface area contributed by atoms with Crippen molar-refractivity contribution in [2.24, 2.45) is 0 Å². The van der Waals surface area contributed by atoms with Gasteiger partial charge in [0.1, 0.15) is 0 Å². The lowest BCUT2D eigenvalue weighted by atomic mass is 10.0. The maximum Gasteiger partial charge on any atom is 0.0409 e. The molecule has 2 rings (SSSR count). The molecule has 0 amide bonds. The predicted octanol–water partition coefficient (Wildman–Crippen LogP) is 4.50. The van der Waals surface area contributed by atoms with Crippen LogP contribution in [0, 0.1) is 6.92 Å². The molecule has 0 saturated heterocycles. The molecule has 94 valence electrons. The summed E-state index contributed by atoms with van der Waals surface area (Å²) in [5, 5.41) is 4.31. The molecule has 0 aromatic heterocycles. The monoisotopic (exact) mass is 259 g/mol. The molecule has 2 heteroatoms. The van der Waals surface area contributed by atoms with Crippen molar-refractivity contribution in [3.63, 3.8) is 0 Å². The Hall–Kier alpha value is -1.31. The predicted molar refractivity (Wildman–Crippen MR) is 77.9 cm³/mol. The van der Waals surface area contributed by atoms with Crippen LogP contribution in [0.15, 0.2) is 48.5 Å². The molecule has 18 heavy (non-hydrogen) atoms. The average molecular weight is 260 g/mol. The van der Waals surface area contributed by atoms with E-state index in [1.54, 1.807) is 0 Å². The van der Waals surface area contributed by atoms with Crippen LogP contribution in [0.4, 0.5) is 0 Å². The smallest absolute Gasteiger partial charge is 0.0409 e. The molecular weight excluding hydrogens is 242 g/mol. The van der Waals surface area contributed by atoms with Gasteiger partial charge in [0.05, 0.1) is 0 Å². The van der Waals surface area contributed by atoms with Gasteiger partial charge in [0.15, 0.2) is 0 Å².